The number of halogens is 1. The Kier molecular flexibility index (Phi) is 9.23. The number of esters is 2. The average molecular weight is 634 g/mol. The van der Waals surface area contributed by atoms with Gasteiger partial charge < -0.3 is 9.47 Å². The molecule has 7 heteroatoms. The van der Waals surface area contributed by atoms with Gasteiger partial charge >= 0.3 is 11.9 Å². The van der Waals surface area contributed by atoms with Crippen molar-refractivity contribution in [3.63, 3.8) is 0 Å². The first kappa shape index (κ1) is 29.6. The Hall–Kier alpha value is -4.88. The Labute approximate surface area is 258 Å². The fourth-order valence-corrected chi connectivity index (χ4v) is 5.65. The molecule has 0 fully saturated rings. The number of hydrogen-bond acceptors (Lipinski definition) is 6. The van der Waals surface area contributed by atoms with E-state index in [0.717, 1.165) is 55.4 Å². The van der Waals surface area contributed by atoms with Crippen LogP contribution >= 0.6 is 15.9 Å². The van der Waals surface area contributed by atoms with Crippen molar-refractivity contribution in [1.29, 1.82) is 0 Å². The first-order valence-electron chi connectivity index (χ1n) is 13.6. The number of fused-ring (bicyclic) bond motifs is 2. The number of benzene rings is 4. The van der Waals surface area contributed by atoms with E-state index in [9.17, 15) is 9.59 Å². The van der Waals surface area contributed by atoms with Crippen molar-refractivity contribution < 1.29 is 19.1 Å². The molecule has 6 aromatic rings. The number of hydrogen-bond donors (Lipinski definition) is 0. The zero-order valence-corrected chi connectivity index (χ0v) is 25.6. The first-order valence-corrected chi connectivity index (χ1v) is 14.7. The molecule has 0 aliphatic carbocycles. The van der Waals surface area contributed by atoms with E-state index >= 15 is 0 Å². The molecule has 6 rings (SSSR count). The number of carbonyl (C=O) groups excluding carboxylic acids is 2. The molecule has 0 aliphatic rings. The van der Waals surface area contributed by atoms with Crippen molar-refractivity contribution in [1.82, 2.24) is 9.97 Å². The van der Waals surface area contributed by atoms with E-state index in [1.54, 1.807) is 0 Å². The van der Waals surface area contributed by atoms with Gasteiger partial charge in [0, 0.05) is 32.8 Å². The maximum atomic E-state index is 12.3. The summed E-state index contributed by atoms with van der Waals surface area (Å²) in [6.07, 6.45) is 0. The van der Waals surface area contributed by atoms with Gasteiger partial charge in [-0.05, 0) is 24.6 Å². The maximum Gasteiger partial charge on any atom is 0.338 e. The van der Waals surface area contributed by atoms with Crippen LogP contribution in [0.25, 0.3) is 44.3 Å². The quantitative estimate of drug-likeness (QED) is 0.140. The normalized spacial score (nSPS) is 10.6. The third kappa shape index (κ3) is 6.03. The van der Waals surface area contributed by atoms with Gasteiger partial charge in [0.25, 0.3) is 0 Å². The summed E-state index contributed by atoms with van der Waals surface area (Å²) in [5.74, 6) is -0.673. The molecule has 0 amide bonds. The van der Waals surface area contributed by atoms with E-state index in [1.807, 2.05) is 116 Å². The first-order chi connectivity index (χ1) is 21.0. The largest absolute Gasteiger partial charge is 0.465 e. The number of aromatic nitrogens is 2. The smallest absolute Gasteiger partial charge is 0.338 e. The Bertz CT molecular complexity index is 1930. The van der Waals surface area contributed by atoms with Crippen LogP contribution in [-0.4, -0.2) is 36.1 Å². The minimum atomic E-state index is -0.342. The van der Waals surface area contributed by atoms with Gasteiger partial charge in [0.05, 0.1) is 47.8 Å². The van der Waals surface area contributed by atoms with E-state index in [1.165, 1.54) is 14.2 Å². The number of nitrogens with zero attached hydrogens (tertiary/aromatic N) is 2. The molecule has 2 aromatic heterocycles. The highest BCUT2D eigenvalue weighted by atomic mass is 79.9. The zero-order chi connectivity index (χ0) is 30.3. The molecule has 0 atom stereocenters. The molecule has 0 spiro atoms. The van der Waals surface area contributed by atoms with Crippen molar-refractivity contribution in [2.24, 2.45) is 0 Å². The number of ether oxygens (including phenoxy) is 2. The van der Waals surface area contributed by atoms with Gasteiger partial charge in [-0.1, -0.05) is 113 Å². The van der Waals surface area contributed by atoms with Crippen LogP contribution in [0.3, 0.4) is 0 Å². The summed E-state index contributed by atoms with van der Waals surface area (Å²) in [5.41, 5.74) is 8.01. The van der Waals surface area contributed by atoms with Crippen LogP contribution in [-0.2, 0) is 14.8 Å². The molecule has 214 valence electrons. The predicted molar refractivity (Wildman–Crippen MR) is 174 cm³/mol. The summed E-state index contributed by atoms with van der Waals surface area (Å²) < 4.78 is 9.94. The van der Waals surface area contributed by atoms with Gasteiger partial charge in [-0.25, -0.2) is 19.6 Å². The summed E-state index contributed by atoms with van der Waals surface area (Å²) in [7, 11) is 2.80. The third-order valence-corrected chi connectivity index (χ3v) is 7.70. The second kappa shape index (κ2) is 13.4. The predicted octanol–water partition coefficient (Wildman–Crippen LogP) is 8.58. The molecule has 0 saturated heterocycles. The summed E-state index contributed by atoms with van der Waals surface area (Å²) in [6, 6.07) is 35.0. The third-order valence-electron chi connectivity index (χ3n) is 7.14. The van der Waals surface area contributed by atoms with Gasteiger partial charge in [-0.2, -0.15) is 0 Å². The summed E-state index contributed by atoms with van der Waals surface area (Å²) in [4.78, 5) is 34.0. The van der Waals surface area contributed by atoms with Crippen LogP contribution in [0.4, 0.5) is 0 Å². The Morgan fingerprint density at radius 2 is 1.02 bits per heavy atom. The Morgan fingerprint density at radius 3 is 1.53 bits per heavy atom. The molecule has 0 bridgehead atoms. The van der Waals surface area contributed by atoms with Crippen LogP contribution in [0.15, 0.2) is 109 Å². The number of pyridine rings is 2. The standard InChI is InChI=1S/C18H14BrNO2.C18H15NO2/c1-22-18(21)16-13-9-5-6-10-15(13)20-17(14(16)11-19)12-7-3-2-4-8-12;1-12-16(18(20)21-2)14-10-6-7-11-15(14)19-17(12)13-8-4-3-5-9-13/h2-10H,11H2,1H3;3-11H,1-2H3. The summed E-state index contributed by atoms with van der Waals surface area (Å²) in [5, 5.41) is 2.16. The highest BCUT2D eigenvalue weighted by molar-refractivity contribution is 9.08. The lowest BCUT2D eigenvalue weighted by molar-refractivity contribution is 0.0593. The zero-order valence-electron chi connectivity index (χ0n) is 24.0. The Morgan fingerprint density at radius 1 is 0.605 bits per heavy atom. The molecule has 6 nitrogen and oxygen atoms in total. The molecule has 4 aromatic carbocycles. The lowest BCUT2D eigenvalue weighted by Gasteiger charge is -2.14. The molecular weight excluding hydrogens is 604 g/mol. The molecule has 0 radical (unpaired) electrons. The van der Waals surface area contributed by atoms with Crippen molar-refractivity contribution in [2.45, 2.75) is 12.3 Å². The molecule has 43 heavy (non-hydrogen) atoms. The number of carbonyl (C=O) groups is 2. The van der Waals surface area contributed by atoms with Gasteiger partial charge in [0.1, 0.15) is 0 Å². The average Bonchev–Trinajstić information content (AvgIpc) is 3.07. The lowest BCUT2D eigenvalue weighted by atomic mass is 9.98. The number of methoxy groups -OCH3 is 2. The topological polar surface area (TPSA) is 78.4 Å². The molecule has 0 saturated carbocycles. The number of para-hydroxylation sites is 2. The maximum absolute atomic E-state index is 12.3. The van der Waals surface area contributed by atoms with Gasteiger partial charge in [0.2, 0.25) is 0 Å². The minimum absolute atomic E-state index is 0.330. The minimum Gasteiger partial charge on any atom is -0.465 e. The van der Waals surface area contributed by atoms with E-state index in [2.05, 4.69) is 15.9 Å². The van der Waals surface area contributed by atoms with Crippen molar-refractivity contribution in [3.8, 4) is 22.5 Å². The van der Waals surface area contributed by atoms with E-state index in [0.29, 0.717) is 16.5 Å². The van der Waals surface area contributed by atoms with E-state index in [4.69, 9.17) is 19.4 Å². The van der Waals surface area contributed by atoms with E-state index in [-0.39, 0.29) is 11.9 Å². The summed E-state index contributed by atoms with van der Waals surface area (Å²) >= 11 is 3.49. The second-order valence-electron chi connectivity index (χ2n) is 9.66. The van der Waals surface area contributed by atoms with Crippen LogP contribution < -0.4 is 0 Å². The molecule has 2 heterocycles. The van der Waals surface area contributed by atoms with Gasteiger partial charge in [-0.15, -0.1) is 0 Å². The monoisotopic (exact) mass is 632 g/mol. The van der Waals surface area contributed by atoms with Crippen LogP contribution in [0.1, 0.15) is 31.8 Å². The van der Waals surface area contributed by atoms with Gasteiger partial charge in [0.15, 0.2) is 0 Å². The van der Waals surface area contributed by atoms with Crippen molar-refractivity contribution in [3.05, 3.63) is 131 Å². The number of rotatable bonds is 5. The SMILES string of the molecule is COC(=O)c1c(C)c(-c2ccccc2)nc2ccccc12.COC(=O)c1c(CBr)c(-c2ccccc2)nc2ccccc12. The van der Waals surface area contributed by atoms with Crippen molar-refractivity contribution >= 4 is 49.7 Å². The molecule has 0 unspecified atom stereocenters. The van der Waals surface area contributed by atoms with Gasteiger partial charge in [-0.3, -0.25) is 0 Å². The van der Waals surface area contributed by atoms with Crippen LogP contribution in [0, 0.1) is 6.92 Å². The van der Waals surface area contributed by atoms with Crippen LogP contribution in [0.2, 0.25) is 0 Å². The van der Waals surface area contributed by atoms with Crippen LogP contribution in [0.5, 0.6) is 0 Å². The molecular formula is C36H29BrN2O4. The highest BCUT2D eigenvalue weighted by Crippen LogP contribution is 2.32. The fraction of sp³-hybridized carbons (Fsp3) is 0.111. The van der Waals surface area contributed by atoms with Crippen molar-refractivity contribution in [2.75, 3.05) is 14.2 Å². The second-order valence-corrected chi connectivity index (χ2v) is 10.2. The number of alkyl halides is 1. The summed E-state index contributed by atoms with van der Waals surface area (Å²) in [6.45, 7) is 1.91. The van der Waals surface area contributed by atoms with E-state index < -0.39 is 0 Å². The Balaban J connectivity index is 0.000000171. The highest BCUT2D eigenvalue weighted by Gasteiger charge is 2.21. The fourth-order valence-electron chi connectivity index (χ4n) is 5.10. The lowest BCUT2D eigenvalue weighted by Crippen LogP contribution is -2.09. The molecule has 0 aliphatic heterocycles. The molecule has 0 N–H and O–H groups in total.